The Balaban J connectivity index is 1.51. The Morgan fingerprint density at radius 2 is 1.65 bits per heavy atom. The van der Waals surface area contributed by atoms with E-state index in [1.54, 1.807) is 0 Å². The minimum Gasteiger partial charge on any atom is -0.491 e. The van der Waals surface area contributed by atoms with Crippen molar-refractivity contribution in [2.45, 2.75) is 13.5 Å². The molecule has 0 aromatic heterocycles. The second kappa shape index (κ2) is 11.2. The third-order valence-electron chi connectivity index (χ3n) is 5.47. The number of nitrogen functional groups attached to an aromatic ring is 1. The Morgan fingerprint density at radius 3 is 2.35 bits per heavy atom. The highest BCUT2D eigenvalue weighted by atomic mass is 16.5. The molecule has 172 valence electrons. The Bertz CT molecular complexity index is 1230. The number of aliphatic hydroxyl groups is 1. The summed E-state index contributed by atoms with van der Waals surface area (Å²) in [5.41, 5.74) is 14.4. The van der Waals surface area contributed by atoms with Gasteiger partial charge < -0.3 is 20.9 Å². The fourth-order valence-corrected chi connectivity index (χ4v) is 3.67. The molecule has 4 aromatic carbocycles. The van der Waals surface area contributed by atoms with Gasteiger partial charge in [-0.1, -0.05) is 42.0 Å². The van der Waals surface area contributed by atoms with Crippen molar-refractivity contribution >= 4 is 22.8 Å². The Morgan fingerprint density at radius 1 is 0.912 bits per heavy atom. The minimum absolute atomic E-state index is 0.0110. The maximum Gasteiger partial charge on any atom is 0.220 e. The largest absolute Gasteiger partial charge is 0.491 e. The molecule has 34 heavy (non-hydrogen) atoms. The molecule has 5 heteroatoms. The topological polar surface area (TPSA) is 81.5 Å². The van der Waals surface area contributed by atoms with E-state index in [2.05, 4.69) is 59.7 Å². The van der Waals surface area contributed by atoms with E-state index >= 15 is 0 Å². The van der Waals surface area contributed by atoms with Gasteiger partial charge >= 0.3 is 0 Å². The average Bonchev–Trinajstić information content (AvgIpc) is 2.88. The van der Waals surface area contributed by atoms with Crippen molar-refractivity contribution in [3.8, 4) is 5.75 Å². The van der Waals surface area contributed by atoms with Crippen molar-refractivity contribution in [3.05, 3.63) is 119 Å². The summed E-state index contributed by atoms with van der Waals surface area (Å²) in [6, 6.07) is 32.4. The van der Waals surface area contributed by atoms with Crippen LogP contribution in [0.15, 0.2) is 97.1 Å². The molecule has 0 amide bonds. The molecule has 0 fully saturated rings. The lowest BCUT2D eigenvalue weighted by molar-refractivity contribution is -0.352. The Hall–Kier alpha value is -4.09. The standard InChI is InChI=1S/C29H29N3O2/c1-21-7-16-28(30)27(19-21)29(23-5-3-2-4-6-23)32-25-12-10-24(11-13-25)31-20-22-8-14-26(15-9-22)34-18-17-33/h2-16,19,31,33H,17-18,20,30H2,1H3/p+1. The summed E-state index contributed by atoms with van der Waals surface area (Å²) in [4.78, 5) is 3.58. The number of hydrogen-bond acceptors (Lipinski definition) is 4. The molecular weight excluding hydrogens is 422 g/mol. The number of nitrogens with one attached hydrogen (secondary N) is 2. The predicted octanol–water partition coefficient (Wildman–Crippen LogP) is 3.81. The van der Waals surface area contributed by atoms with Gasteiger partial charge in [-0.05, 0) is 61.0 Å². The predicted molar refractivity (Wildman–Crippen MR) is 139 cm³/mol. The van der Waals surface area contributed by atoms with E-state index in [0.717, 1.165) is 50.8 Å². The molecule has 0 heterocycles. The lowest BCUT2D eigenvalue weighted by Crippen LogP contribution is -2.67. The molecule has 0 saturated heterocycles. The number of anilines is 2. The fraction of sp³-hybridized carbons (Fsp3) is 0.138. The van der Waals surface area contributed by atoms with E-state index in [1.165, 1.54) is 0 Å². The first-order chi connectivity index (χ1) is 16.6. The molecule has 0 saturated carbocycles. The minimum atomic E-state index is 0.0110. The van der Waals surface area contributed by atoms with Gasteiger partial charge in [0.05, 0.1) is 12.2 Å². The number of hydrogen-bond donors (Lipinski definition) is 4. The van der Waals surface area contributed by atoms with E-state index in [1.807, 2.05) is 54.6 Å². The summed E-state index contributed by atoms with van der Waals surface area (Å²) >= 11 is 0. The summed E-state index contributed by atoms with van der Waals surface area (Å²) in [5, 5.41) is 12.3. The number of rotatable bonds is 9. The van der Waals surface area contributed by atoms with Crippen LogP contribution in [0.5, 0.6) is 5.75 Å². The van der Waals surface area contributed by atoms with Crippen LogP contribution in [0, 0.1) is 6.92 Å². The second-order valence-corrected chi connectivity index (χ2v) is 8.10. The normalized spacial score (nSPS) is 11.3. The maximum absolute atomic E-state index is 8.85. The van der Waals surface area contributed by atoms with Crippen molar-refractivity contribution in [2.75, 3.05) is 24.3 Å². The SMILES string of the molecule is Cc1ccc(N)c(C(=[NH+]c2ccc(NCc3ccc(OCCO)cc3)cc2)c2ccccc2)c1. The van der Waals surface area contributed by atoms with Crippen molar-refractivity contribution in [2.24, 2.45) is 0 Å². The van der Waals surface area contributed by atoms with Crippen LogP contribution >= 0.6 is 0 Å². The lowest BCUT2D eigenvalue weighted by atomic mass is 9.99. The monoisotopic (exact) mass is 452 g/mol. The average molecular weight is 453 g/mol. The molecule has 0 spiro atoms. The zero-order valence-corrected chi connectivity index (χ0v) is 19.3. The van der Waals surface area contributed by atoms with E-state index in [4.69, 9.17) is 15.6 Å². The van der Waals surface area contributed by atoms with Crippen molar-refractivity contribution < 1.29 is 14.8 Å². The van der Waals surface area contributed by atoms with Crippen LogP contribution in [0.25, 0.3) is 0 Å². The first-order valence-electron chi connectivity index (χ1n) is 11.3. The first-order valence-corrected chi connectivity index (χ1v) is 11.3. The van der Waals surface area contributed by atoms with E-state index in [-0.39, 0.29) is 6.61 Å². The fourth-order valence-electron chi connectivity index (χ4n) is 3.67. The number of nitrogens with two attached hydrogens (primary N) is 1. The molecule has 5 N–H and O–H groups in total. The van der Waals surface area contributed by atoms with E-state index < -0.39 is 0 Å². The molecule has 5 nitrogen and oxygen atoms in total. The molecule has 0 aliphatic heterocycles. The molecule has 0 aliphatic rings. The lowest BCUT2D eigenvalue weighted by Gasteiger charge is -2.09. The first kappa shape index (κ1) is 23.1. The van der Waals surface area contributed by atoms with Gasteiger partial charge in [-0.2, -0.15) is 0 Å². The van der Waals surface area contributed by atoms with Crippen LogP contribution in [-0.2, 0) is 6.54 Å². The highest BCUT2D eigenvalue weighted by Gasteiger charge is 2.17. The molecule has 4 rings (SSSR count). The van der Waals surface area contributed by atoms with Crippen molar-refractivity contribution in [1.82, 2.24) is 0 Å². The quantitative estimate of drug-likeness (QED) is 0.230. The molecule has 0 radical (unpaired) electrons. The number of benzene rings is 4. The highest BCUT2D eigenvalue weighted by Crippen LogP contribution is 2.18. The third kappa shape index (κ3) is 6.03. The van der Waals surface area contributed by atoms with Crippen LogP contribution in [-0.4, -0.2) is 24.0 Å². The van der Waals surface area contributed by atoms with Crippen molar-refractivity contribution in [3.63, 3.8) is 0 Å². The molecule has 0 unspecified atom stereocenters. The highest BCUT2D eigenvalue weighted by molar-refractivity contribution is 6.12. The zero-order valence-electron chi connectivity index (χ0n) is 19.3. The Kier molecular flexibility index (Phi) is 7.58. The van der Waals surface area contributed by atoms with Gasteiger partial charge in [-0.25, -0.2) is 4.99 Å². The van der Waals surface area contributed by atoms with Gasteiger partial charge in [0.1, 0.15) is 12.4 Å². The van der Waals surface area contributed by atoms with Crippen LogP contribution in [0.4, 0.5) is 17.1 Å². The van der Waals surface area contributed by atoms with Gasteiger partial charge in [-0.15, -0.1) is 0 Å². The molecule has 0 bridgehead atoms. The summed E-state index contributed by atoms with van der Waals surface area (Å²) in [6.45, 7) is 3.09. The Labute approximate surface area is 200 Å². The van der Waals surface area contributed by atoms with Crippen LogP contribution in [0.2, 0.25) is 0 Å². The molecular formula is C29H30N3O2+. The van der Waals surface area contributed by atoms with Gasteiger partial charge in [0.25, 0.3) is 0 Å². The van der Waals surface area contributed by atoms with Crippen molar-refractivity contribution in [1.29, 1.82) is 0 Å². The second-order valence-electron chi connectivity index (χ2n) is 8.10. The summed E-state index contributed by atoms with van der Waals surface area (Å²) < 4.78 is 5.41. The van der Waals surface area contributed by atoms with E-state index in [9.17, 15) is 0 Å². The van der Waals surface area contributed by atoms with Crippen LogP contribution in [0.3, 0.4) is 0 Å². The molecule has 0 aliphatic carbocycles. The van der Waals surface area contributed by atoms with Gasteiger partial charge in [-0.3, -0.25) is 0 Å². The van der Waals surface area contributed by atoms with Crippen LogP contribution in [0.1, 0.15) is 22.3 Å². The summed E-state index contributed by atoms with van der Waals surface area (Å²) in [5.74, 6) is 0.757. The molecule has 0 atom stereocenters. The van der Waals surface area contributed by atoms with Gasteiger partial charge in [0, 0.05) is 35.6 Å². The smallest absolute Gasteiger partial charge is 0.220 e. The van der Waals surface area contributed by atoms with E-state index in [0.29, 0.717) is 13.2 Å². The maximum atomic E-state index is 8.85. The number of aryl methyl sites for hydroxylation is 1. The summed E-state index contributed by atoms with van der Waals surface area (Å²) in [7, 11) is 0. The van der Waals surface area contributed by atoms with Gasteiger partial charge in [0.2, 0.25) is 11.4 Å². The number of aliphatic hydroxyl groups excluding tert-OH is 1. The van der Waals surface area contributed by atoms with Gasteiger partial charge in [0.15, 0.2) is 0 Å². The zero-order chi connectivity index (χ0) is 23.8. The van der Waals surface area contributed by atoms with Crippen LogP contribution < -0.4 is 20.8 Å². The molecule has 4 aromatic rings. The number of ether oxygens (including phenoxy) is 1. The third-order valence-corrected chi connectivity index (χ3v) is 5.47. The summed E-state index contributed by atoms with van der Waals surface area (Å²) in [6.07, 6.45) is 0.